The number of carbonyl (C=O) groups is 2. The fourth-order valence-electron chi connectivity index (χ4n) is 1.88. The monoisotopic (exact) mass is 458 g/mol. The van der Waals surface area contributed by atoms with E-state index in [1.165, 1.54) is 18.2 Å². The number of hydrogen-bond donors (Lipinski definition) is 2. The molecule has 2 N–H and O–H groups in total. The smallest absolute Gasteiger partial charge is 0.276 e. The van der Waals surface area contributed by atoms with Crippen LogP contribution in [0.3, 0.4) is 0 Å². The second kappa shape index (κ2) is 8.25. The maximum absolute atomic E-state index is 13.4. The van der Waals surface area contributed by atoms with Crippen molar-refractivity contribution in [2.75, 3.05) is 6.61 Å². The lowest BCUT2D eigenvalue weighted by atomic mass is 10.2. The predicted molar refractivity (Wildman–Crippen MR) is 94.1 cm³/mol. The van der Waals surface area contributed by atoms with E-state index in [1.807, 2.05) is 13.0 Å². The summed E-state index contributed by atoms with van der Waals surface area (Å²) in [6.45, 7) is 1.53. The van der Waals surface area contributed by atoms with Crippen LogP contribution < -0.4 is 15.6 Å². The van der Waals surface area contributed by atoms with Crippen LogP contribution in [0.4, 0.5) is 4.39 Å². The molecule has 0 saturated heterocycles. The van der Waals surface area contributed by atoms with Gasteiger partial charge in [0.05, 0.1) is 10.0 Å². The number of rotatable bonds is 4. The molecule has 0 aromatic heterocycles. The van der Waals surface area contributed by atoms with E-state index < -0.39 is 17.6 Å². The van der Waals surface area contributed by atoms with Gasteiger partial charge in [-0.1, -0.05) is 28.1 Å². The van der Waals surface area contributed by atoms with Crippen molar-refractivity contribution in [1.82, 2.24) is 10.9 Å². The number of hydrazine groups is 1. The van der Waals surface area contributed by atoms with Crippen LogP contribution in [0, 0.1) is 12.7 Å². The third-order valence-corrected chi connectivity index (χ3v) is 4.02. The third-order valence-electron chi connectivity index (χ3n) is 2.98. The number of aryl methyl sites for hydroxylation is 1. The van der Waals surface area contributed by atoms with Crippen LogP contribution in [0.25, 0.3) is 0 Å². The highest BCUT2D eigenvalue weighted by Crippen LogP contribution is 2.32. The van der Waals surface area contributed by atoms with Crippen molar-refractivity contribution in [3.63, 3.8) is 0 Å². The Morgan fingerprint density at radius 3 is 2.54 bits per heavy atom. The third kappa shape index (κ3) is 4.78. The van der Waals surface area contributed by atoms with E-state index in [-0.39, 0.29) is 12.2 Å². The van der Waals surface area contributed by atoms with Crippen LogP contribution in [0.2, 0.25) is 0 Å². The van der Waals surface area contributed by atoms with Crippen molar-refractivity contribution in [2.45, 2.75) is 6.92 Å². The summed E-state index contributed by atoms with van der Waals surface area (Å²) in [6, 6.07) is 9.11. The van der Waals surface area contributed by atoms with Crippen molar-refractivity contribution in [3.05, 3.63) is 62.3 Å². The Bertz CT molecular complexity index is 761. The molecule has 0 unspecified atom stereocenters. The van der Waals surface area contributed by atoms with E-state index in [9.17, 15) is 14.0 Å². The van der Waals surface area contributed by atoms with Gasteiger partial charge in [-0.25, -0.2) is 4.39 Å². The minimum Gasteiger partial charge on any atom is -0.482 e. The fraction of sp³-hybridized carbons (Fsp3) is 0.125. The largest absolute Gasteiger partial charge is 0.482 e. The van der Waals surface area contributed by atoms with E-state index in [4.69, 9.17) is 4.74 Å². The summed E-state index contributed by atoms with van der Waals surface area (Å²) < 4.78 is 20.5. The lowest BCUT2D eigenvalue weighted by Crippen LogP contribution is -2.44. The zero-order chi connectivity index (χ0) is 17.7. The van der Waals surface area contributed by atoms with E-state index in [0.29, 0.717) is 10.2 Å². The van der Waals surface area contributed by atoms with Gasteiger partial charge in [0.2, 0.25) is 0 Å². The van der Waals surface area contributed by atoms with Crippen molar-refractivity contribution in [3.8, 4) is 5.75 Å². The molecule has 2 rings (SSSR count). The Kier molecular flexibility index (Phi) is 6.33. The number of benzene rings is 2. The number of hydrogen-bond acceptors (Lipinski definition) is 3. The minimum absolute atomic E-state index is 0.162. The molecule has 2 amide bonds. The first-order chi connectivity index (χ1) is 11.4. The van der Waals surface area contributed by atoms with Crippen LogP contribution in [0.5, 0.6) is 5.75 Å². The topological polar surface area (TPSA) is 67.4 Å². The maximum Gasteiger partial charge on any atom is 0.276 e. The molecule has 2 aromatic carbocycles. The standard InChI is InChI=1S/C16H13Br2FN2O3/c1-9-6-10(17)7-12(18)15(9)24-8-14(22)20-21-16(23)11-4-2-3-5-13(11)19/h2-7H,8H2,1H3,(H,20,22)(H,21,23). The molecule has 0 atom stereocenters. The molecule has 126 valence electrons. The molecule has 5 nitrogen and oxygen atoms in total. The summed E-state index contributed by atoms with van der Waals surface area (Å²) in [7, 11) is 0. The first-order valence-corrected chi connectivity index (χ1v) is 8.39. The summed E-state index contributed by atoms with van der Waals surface area (Å²) >= 11 is 6.70. The number of ether oxygens (including phenoxy) is 1. The maximum atomic E-state index is 13.4. The average Bonchev–Trinajstić information content (AvgIpc) is 2.52. The SMILES string of the molecule is Cc1cc(Br)cc(Br)c1OCC(=O)NNC(=O)c1ccccc1F. The quantitative estimate of drug-likeness (QED) is 0.687. The van der Waals surface area contributed by atoms with Gasteiger partial charge in [0.25, 0.3) is 11.8 Å². The molecule has 0 aliphatic carbocycles. The zero-order valence-electron chi connectivity index (χ0n) is 12.5. The first-order valence-electron chi connectivity index (χ1n) is 6.80. The van der Waals surface area contributed by atoms with Crippen LogP contribution >= 0.6 is 31.9 Å². The van der Waals surface area contributed by atoms with Crippen molar-refractivity contribution in [1.29, 1.82) is 0 Å². The number of halogens is 3. The van der Waals surface area contributed by atoms with Crippen LogP contribution in [0.15, 0.2) is 45.3 Å². The summed E-state index contributed by atoms with van der Waals surface area (Å²) in [5.74, 6) is -1.47. The molecule has 8 heteroatoms. The van der Waals surface area contributed by atoms with Crippen molar-refractivity contribution >= 4 is 43.7 Å². The molecule has 0 radical (unpaired) electrons. The van der Waals surface area contributed by atoms with E-state index in [0.717, 1.165) is 16.1 Å². The van der Waals surface area contributed by atoms with Gasteiger partial charge in [-0.3, -0.25) is 20.4 Å². The Morgan fingerprint density at radius 2 is 1.88 bits per heavy atom. The fourth-order valence-corrected chi connectivity index (χ4v) is 3.44. The van der Waals surface area contributed by atoms with Crippen LogP contribution in [0.1, 0.15) is 15.9 Å². The van der Waals surface area contributed by atoms with Gasteiger partial charge in [0.15, 0.2) is 6.61 Å². The molecule has 24 heavy (non-hydrogen) atoms. The second-order valence-corrected chi connectivity index (χ2v) is 6.57. The van der Waals surface area contributed by atoms with E-state index in [1.54, 1.807) is 6.07 Å². The molecule has 0 saturated carbocycles. The van der Waals surface area contributed by atoms with E-state index >= 15 is 0 Å². The molecular weight excluding hydrogens is 447 g/mol. The van der Waals surface area contributed by atoms with Gasteiger partial charge in [-0.05, 0) is 52.7 Å². The molecule has 0 fully saturated rings. The number of amides is 2. The molecule has 2 aromatic rings. The molecule has 0 aliphatic heterocycles. The second-order valence-electron chi connectivity index (χ2n) is 4.80. The first kappa shape index (κ1) is 18.4. The average molecular weight is 460 g/mol. The van der Waals surface area contributed by atoms with Gasteiger partial charge in [-0.15, -0.1) is 0 Å². The Balaban J connectivity index is 1.88. The molecule has 0 aliphatic rings. The Hall–Kier alpha value is -1.93. The summed E-state index contributed by atoms with van der Waals surface area (Å²) in [6.07, 6.45) is 0. The molecule has 0 bridgehead atoms. The van der Waals surface area contributed by atoms with Gasteiger partial charge in [0.1, 0.15) is 11.6 Å². The van der Waals surface area contributed by atoms with Crippen LogP contribution in [-0.2, 0) is 4.79 Å². The molecule has 0 spiro atoms. The highest BCUT2D eigenvalue weighted by atomic mass is 79.9. The lowest BCUT2D eigenvalue weighted by Gasteiger charge is -2.12. The van der Waals surface area contributed by atoms with Crippen LogP contribution in [-0.4, -0.2) is 18.4 Å². The predicted octanol–water partition coefficient (Wildman–Crippen LogP) is 3.50. The summed E-state index contributed by atoms with van der Waals surface area (Å²) in [5, 5.41) is 0. The number of carbonyl (C=O) groups excluding carboxylic acids is 2. The highest BCUT2D eigenvalue weighted by molar-refractivity contribution is 9.11. The Morgan fingerprint density at radius 1 is 1.17 bits per heavy atom. The van der Waals surface area contributed by atoms with Gasteiger partial charge in [-0.2, -0.15) is 0 Å². The molecular formula is C16H13Br2FN2O3. The van der Waals surface area contributed by atoms with Gasteiger partial charge >= 0.3 is 0 Å². The Labute approximate surface area is 154 Å². The van der Waals surface area contributed by atoms with Gasteiger partial charge < -0.3 is 4.74 Å². The lowest BCUT2D eigenvalue weighted by molar-refractivity contribution is -0.123. The summed E-state index contributed by atoms with van der Waals surface area (Å²) in [4.78, 5) is 23.5. The minimum atomic E-state index is -0.748. The van der Waals surface area contributed by atoms with Gasteiger partial charge in [0, 0.05) is 4.47 Å². The zero-order valence-corrected chi connectivity index (χ0v) is 15.7. The van der Waals surface area contributed by atoms with E-state index in [2.05, 4.69) is 42.7 Å². The van der Waals surface area contributed by atoms with Crippen molar-refractivity contribution < 1.29 is 18.7 Å². The number of nitrogens with one attached hydrogen (secondary N) is 2. The van der Waals surface area contributed by atoms with Crippen molar-refractivity contribution in [2.24, 2.45) is 0 Å². The normalized spacial score (nSPS) is 10.2. The highest BCUT2D eigenvalue weighted by Gasteiger charge is 2.13. The molecule has 0 heterocycles. The summed E-state index contributed by atoms with van der Waals surface area (Å²) in [5.41, 5.74) is 4.98.